The maximum Gasteiger partial charge on any atom is 0.416 e. The highest BCUT2D eigenvalue weighted by molar-refractivity contribution is 5.78. The normalized spacial score (nSPS) is 13.1. The molecule has 0 amide bonds. The van der Waals surface area contributed by atoms with Gasteiger partial charge < -0.3 is 10.3 Å². The molecule has 2 N–H and O–H groups in total. The van der Waals surface area contributed by atoms with E-state index in [1.165, 1.54) is 12.4 Å². The lowest BCUT2D eigenvalue weighted by Gasteiger charge is -2.11. The minimum Gasteiger partial charge on any atom is -0.369 e. The molecule has 0 saturated heterocycles. The highest BCUT2D eigenvalue weighted by Crippen LogP contribution is 2.37. The molecule has 1 aliphatic heterocycles. The van der Waals surface area contributed by atoms with E-state index in [-0.39, 0.29) is 5.56 Å². The van der Waals surface area contributed by atoms with E-state index in [1.54, 1.807) is 13.0 Å². The van der Waals surface area contributed by atoms with Crippen LogP contribution in [0.25, 0.3) is 22.6 Å². The molecule has 136 valence electrons. The molecule has 2 aromatic heterocycles. The molecule has 5 nitrogen and oxygen atoms in total. The summed E-state index contributed by atoms with van der Waals surface area (Å²) in [6, 6.07) is 7.20. The average Bonchev–Trinajstić information content (AvgIpc) is 3.27. The molecule has 4 rings (SSSR count). The van der Waals surface area contributed by atoms with Crippen molar-refractivity contribution in [2.24, 2.45) is 0 Å². The number of aryl methyl sites for hydroxylation is 1. The van der Waals surface area contributed by atoms with Crippen LogP contribution in [-0.2, 0) is 12.6 Å². The van der Waals surface area contributed by atoms with Gasteiger partial charge in [0.05, 0.1) is 28.2 Å². The minimum atomic E-state index is -4.45. The van der Waals surface area contributed by atoms with Gasteiger partial charge >= 0.3 is 6.18 Å². The molecule has 0 aliphatic carbocycles. The SMILES string of the molecule is Cc1ccc(C(F)(F)F)cc1-c1[nH]c(-c2ncnc3c2CCN3)cc1C#N. The van der Waals surface area contributed by atoms with Gasteiger partial charge in [-0.2, -0.15) is 18.4 Å². The second-order valence-corrected chi connectivity index (χ2v) is 6.34. The van der Waals surface area contributed by atoms with E-state index >= 15 is 0 Å². The predicted molar refractivity (Wildman–Crippen MR) is 93.9 cm³/mol. The lowest BCUT2D eigenvalue weighted by Crippen LogP contribution is -2.05. The Morgan fingerprint density at radius 1 is 1.19 bits per heavy atom. The first-order chi connectivity index (χ1) is 12.9. The molecule has 0 spiro atoms. The summed E-state index contributed by atoms with van der Waals surface area (Å²) in [5.41, 5.74) is 3.02. The second-order valence-electron chi connectivity index (χ2n) is 6.34. The molecular weight excluding hydrogens is 355 g/mol. The third-order valence-electron chi connectivity index (χ3n) is 4.64. The summed E-state index contributed by atoms with van der Waals surface area (Å²) in [5, 5.41) is 12.7. The van der Waals surface area contributed by atoms with Crippen molar-refractivity contribution in [1.82, 2.24) is 15.0 Å². The molecule has 0 atom stereocenters. The zero-order chi connectivity index (χ0) is 19.2. The number of hydrogen-bond donors (Lipinski definition) is 2. The third-order valence-corrected chi connectivity index (χ3v) is 4.64. The van der Waals surface area contributed by atoms with E-state index in [2.05, 4.69) is 26.3 Å². The number of halogens is 3. The van der Waals surface area contributed by atoms with Gasteiger partial charge in [0.1, 0.15) is 18.2 Å². The molecule has 8 heteroatoms. The van der Waals surface area contributed by atoms with Crippen LogP contribution in [0.1, 0.15) is 22.3 Å². The van der Waals surface area contributed by atoms with E-state index in [0.29, 0.717) is 28.2 Å². The van der Waals surface area contributed by atoms with Crippen LogP contribution in [0.15, 0.2) is 30.6 Å². The van der Waals surface area contributed by atoms with Crippen LogP contribution in [0.4, 0.5) is 19.0 Å². The van der Waals surface area contributed by atoms with Crippen LogP contribution < -0.4 is 5.32 Å². The van der Waals surface area contributed by atoms with E-state index in [4.69, 9.17) is 0 Å². The molecule has 0 fully saturated rings. The van der Waals surface area contributed by atoms with Crippen molar-refractivity contribution < 1.29 is 13.2 Å². The Balaban J connectivity index is 1.88. The van der Waals surface area contributed by atoms with Crippen molar-refractivity contribution in [3.8, 4) is 28.7 Å². The zero-order valence-corrected chi connectivity index (χ0v) is 14.3. The fourth-order valence-electron chi connectivity index (χ4n) is 3.29. The maximum atomic E-state index is 13.1. The van der Waals surface area contributed by atoms with Crippen molar-refractivity contribution in [3.63, 3.8) is 0 Å². The van der Waals surface area contributed by atoms with Crippen molar-refractivity contribution in [2.75, 3.05) is 11.9 Å². The van der Waals surface area contributed by atoms with E-state index < -0.39 is 11.7 Å². The van der Waals surface area contributed by atoms with Crippen LogP contribution in [0.3, 0.4) is 0 Å². The average molecular weight is 369 g/mol. The first kappa shape index (κ1) is 17.1. The fraction of sp³-hybridized carbons (Fsp3) is 0.211. The molecule has 3 heterocycles. The number of fused-ring (bicyclic) bond motifs is 1. The summed E-state index contributed by atoms with van der Waals surface area (Å²) in [5.74, 6) is 0.741. The maximum absolute atomic E-state index is 13.1. The summed E-state index contributed by atoms with van der Waals surface area (Å²) in [6.45, 7) is 2.45. The van der Waals surface area contributed by atoms with Crippen molar-refractivity contribution in [1.29, 1.82) is 5.26 Å². The number of alkyl halides is 3. The van der Waals surface area contributed by atoms with Gasteiger partial charge in [-0.1, -0.05) is 6.07 Å². The lowest BCUT2D eigenvalue weighted by atomic mass is 10.00. The van der Waals surface area contributed by atoms with Gasteiger partial charge in [0.2, 0.25) is 0 Å². The summed E-state index contributed by atoms with van der Waals surface area (Å²) >= 11 is 0. The predicted octanol–water partition coefficient (Wildman–Crippen LogP) is 4.31. The first-order valence-corrected chi connectivity index (χ1v) is 8.28. The van der Waals surface area contributed by atoms with Crippen LogP contribution in [0, 0.1) is 18.3 Å². The Bertz CT molecular complexity index is 1080. The lowest BCUT2D eigenvalue weighted by molar-refractivity contribution is -0.137. The van der Waals surface area contributed by atoms with Crippen LogP contribution >= 0.6 is 0 Å². The highest BCUT2D eigenvalue weighted by Gasteiger charge is 2.31. The second kappa shape index (κ2) is 6.13. The molecule has 1 aliphatic rings. The highest BCUT2D eigenvalue weighted by atomic mass is 19.4. The monoisotopic (exact) mass is 369 g/mol. The molecular formula is C19H14F3N5. The molecule has 1 aromatic carbocycles. The van der Waals surface area contributed by atoms with Gasteiger partial charge in [0, 0.05) is 17.7 Å². The quantitative estimate of drug-likeness (QED) is 0.706. The standard InChI is InChI=1S/C19H14F3N5/c1-10-2-3-12(19(20,21)22)7-14(10)16-11(8-23)6-15(27-16)17-13-4-5-24-18(13)26-9-25-17/h2-3,6-7,9,27H,4-5H2,1H3,(H,24,25,26). The number of aromatic nitrogens is 3. The Morgan fingerprint density at radius 2 is 2.00 bits per heavy atom. The van der Waals surface area contributed by atoms with Gasteiger partial charge in [-0.05, 0) is 37.1 Å². The number of rotatable bonds is 2. The molecule has 0 bridgehead atoms. The number of nitrogens with zero attached hydrogens (tertiary/aromatic N) is 3. The summed E-state index contributed by atoms with van der Waals surface area (Å²) in [6.07, 6.45) is -2.29. The van der Waals surface area contributed by atoms with Gasteiger partial charge in [-0.25, -0.2) is 9.97 Å². The summed E-state index contributed by atoms with van der Waals surface area (Å²) in [7, 11) is 0. The van der Waals surface area contributed by atoms with E-state index in [0.717, 1.165) is 36.5 Å². The largest absolute Gasteiger partial charge is 0.416 e. The molecule has 3 aromatic rings. The number of anilines is 1. The molecule has 0 radical (unpaired) electrons. The van der Waals surface area contributed by atoms with Crippen LogP contribution in [0.2, 0.25) is 0 Å². The summed E-state index contributed by atoms with van der Waals surface area (Å²) in [4.78, 5) is 11.6. The van der Waals surface area contributed by atoms with Crippen molar-refractivity contribution in [2.45, 2.75) is 19.5 Å². The van der Waals surface area contributed by atoms with Gasteiger partial charge in [0.15, 0.2) is 0 Å². The number of hydrogen-bond acceptors (Lipinski definition) is 4. The number of aromatic amines is 1. The van der Waals surface area contributed by atoms with Crippen LogP contribution in [0.5, 0.6) is 0 Å². The number of nitriles is 1. The Labute approximate surface area is 152 Å². The smallest absolute Gasteiger partial charge is 0.369 e. The van der Waals surface area contributed by atoms with Gasteiger partial charge in [0.25, 0.3) is 0 Å². The summed E-state index contributed by atoms with van der Waals surface area (Å²) < 4.78 is 39.4. The topological polar surface area (TPSA) is 77.4 Å². The number of benzene rings is 1. The number of H-pyrrole nitrogens is 1. The Hall–Kier alpha value is -3.34. The van der Waals surface area contributed by atoms with Crippen LogP contribution in [-0.4, -0.2) is 21.5 Å². The first-order valence-electron chi connectivity index (χ1n) is 8.28. The molecule has 0 saturated carbocycles. The molecule has 27 heavy (non-hydrogen) atoms. The van der Waals surface area contributed by atoms with Gasteiger partial charge in [-0.15, -0.1) is 0 Å². The van der Waals surface area contributed by atoms with Crippen molar-refractivity contribution >= 4 is 5.82 Å². The van der Waals surface area contributed by atoms with E-state index in [9.17, 15) is 18.4 Å². The van der Waals surface area contributed by atoms with Gasteiger partial charge in [-0.3, -0.25) is 0 Å². The number of nitrogens with one attached hydrogen (secondary N) is 2. The molecule has 0 unspecified atom stereocenters. The third kappa shape index (κ3) is 2.91. The zero-order valence-electron chi connectivity index (χ0n) is 14.3. The fourth-order valence-corrected chi connectivity index (χ4v) is 3.29. The Kier molecular flexibility index (Phi) is 3.88. The van der Waals surface area contributed by atoms with Crippen molar-refractivity contribution in [3.05, 3.63) is 52.8 Å². The Morgan fingerprint density at radius 3 is 2.74 bits per heavy atom. The van der Waals surface area contributed by atoms with E-state index in [1.807, 2.05) is 0 Å². The minimum absolute atomic E-state index is 0.269.